The van der Waals surface area contributed by atoms with Crippen molar-refractivity contribution in [1.82, 2.24) is 14.9 Å². The van der Waals surface area contributed by atoms with Gasteiger partial charge in [0.15, 0.2) is 5.82 Å². The van der Waals surface area contributed by atoms with Gasteiger partial charge in [0.05, 0.1) is 0 Å². The first-order chi connectivity index (χ1) is 6.05. The molecule has 1 heterocycles. The number of hydrogen-bond donors (Lipinski definition) is 2. The Morgan fingerprint density at radius 2 is 2.15 bits per heavy atom. The first-order valence-electron chi connectivity index (χ1n) is 4.06. The van der Waals surface area contributed by atoms with E-state index in [1.807, 2.05) is 13.8 Å². The van der Waals surface area contributed by atoms with Crippen LogP contribution in [0, 0.1) is 0 Å². The Morgan fingerprint density at radius 1 is 1.54 bits per heavy atom. The third-order valence-electron chi connectivity index (χ3n) is 2.32. The van der Waals surface area contributed by atoms with Gasteiger partial charge in [-0.3, -0.25) is 0 Å². The molecule has 0 bridgehead atoms. The molecule has 4 N–H and O–H groups in total. The lowest BCUT2D eigenvalue weighted by Gasteiger charge is -2.24. The molecular formula is C7H15N5O. The standard InChI is InChI=1S/C7H15N5O/c1-4-7(2,13-3)5-10-11-6(8)12(5)9/h4,9H2,1-3H3,(H2,8,11). The first-order valence-corrected chi connectivity index (χ1v) is 4.06. The van der Waals surface area contributed by atoms with Crippen molar-refractivity contribution in [3.63, 3.8) is 0 Å². The highest BCUT2D eigenvalue weighted by molar-refractivity contribution is 5.20. The van der Waals surface area contributed by atoms with Crippen LogP contribution in [0.2, 0.25) is 0 Å². The minimum absolute atomic E-state index is 0.187. The molecule has 1 aromatic rings. The first kappa shape index (κ1) is 9.79. The van der Waals surface area contributed by atoms with Crippen molar-refractivity contribution >= 4 is 5.95 Å². The molecule has 1 unspecified atom stereocenters. The molecule has 6 heteroatoms. The van der Waals surface area contributed by atoms with E-state index in [1.165, 1.54) is 4.68 Å². The number of nitrogens with zero attached hydrogens (tertiary/aromatic N) is 3. The van der Waals surface area contributed by atoms with Crippen molar-refractivity contribution in [2.24, 2.45) is 0 Å². The third-order valence-corrected chi connectivity index (χ3v) is 2.32. The summed E-state index contributed by atoms with van der Waals surface area (Å²) in [6.45, 7) is 3.87. The zero-order valence-electron chi connectivity index (χ0n) is 8.11. The van der Waals surface area contributed by atoms with E-state index in [2.05, 4.69) is 10.2 Å². The van der Waals surface area contributed by atoms with Gasteiger partial charge in [-0.1, -0.05) is 6.92 Å². The summed E-state index contributed by atoms with van der Waals surface area (Å²) in [5.74, 6) is 6.35. The number of anilines is 1. The number of nitrogens with two attached hydrogens (primary N) is 2. The number of methoxy groups -OCH3 is 1. The number of nitrogen functional groups attached to an aromatic ring is 2. The quantitative estimate of drug-likeness (QED) is 0.639. The molecule has 1 aromatic heterocycles. The van der Waals surface area contributed by atoms with Gasteiger partial charge in [-0.05, 0) is 13.3 Å². The number of hydrogen-bond acceptors (Lipinski definition) is 5. The summed E-state index contributed by atoms with van der Waals surface area (Å²) < 4.78 is 6.55. The molecule has 0 aromatic carbocycles. The Bertz CT molecular complexity index is 291. The van der Waals surface area contributed by atoms with Crippen LogP contribution in [0.4, 0.5) is 5.95 Å². The monoisotopic (exact) mass is 185 g/mol. The van der Waals surface area contributed by atoms with Crippen LogP contribution in [0.25, 0.3) is 0 Å². The Balaban J connectivity index is 3.12. The van der Waals surface area contributed by atoms with E-state index in [-0.39, 0.29) is 5.95 Å². The van der Waals surface area contributed by atoms with Crippen LogP contribution in [-0.2, 0) is 10.3 Å². The van der Waals surface area contributed by atoms with Gasteiger partial charge in [-0.25, -0.2) is 4.68 Å². The molecule has 74 valence electrons. The van der Waals surface area contributed by atoms with Crippen molar-refractivity contribution in [3.8, 4) is 0 Å². The normalized spacial score (nSPS) is 15.6. The van der Waals surface area contributed by atoms with Crippen molar-refractivity contribution in [2.75, 3.05) is 18.7 Å². The molecule has 0 aliphatic carbocycles. The fourth-order valence-corrected chi connectivity index (χ4v) is 1.06. The summed E-state index contributed by atoms with van der Waals surface area (Å²) in [4.78, 5) is 0. The van der Waals surface area contributed by atoms with Gasteiger partial charge in [0.2, 0.25) is 5.95 Å². The molecule has 1 atom stereocenters. The lowest BCUT2D eigenvalue weighted by atomic mass is 10.0. The summed E-state index contributed by atoms with van der Waals surface area (Å²) in [7, 11) is 1.61. The topological polar surface area (TPSA) is 92.0 Å². The molecule has 0 saturated carbocycles. The van der Waals surface area contributed by atoms with Gasteiger partial charge in [0.1, 0.15) is 5.60 Å². The average molecular weight is 185 g/mol. The maximum absolute atomic E-state index is 5.63. The van der Waals surface area contributed by atoms with Gasteiger partial charge in [0, 0.05) is 7.11 Å². The lowest BCUT2D eigenvalue weighted by molar-refractivity contribution is -0.0108. The minimum Gasteiger partial charge on any atom is -0.370 e. The fraction of sp³-hybridized carbons (Fsp3) is 0.714. The van der Waals surface area contributed by atoms with Crippen LogP contribution < -0.4 is 11.6 Å². The highest BCUT2D eigenvalue weighted by Gasteiger charge is 2.30. The third kappa shape index (κ3) is 1.44. The fourth-order valence-electron chi connectivity index (χ4n) is 1.06. The maximum Gasteiger partial charge on any atom is 0.240 e. The van der Waals surface area contributed by atoms with Crippen LogP contribution in [-0.4, -0.2) is 22.0 Å². The summed E-state index contributed by atoms with van der Waals surface area (Å²) in [6, 6.07) is 0. The molecule has 0 spiro atoms. The van der Waals surface area contributed by atoms with Crippen molar-refractivity contribution in [1.29, 1.82) is 0 Å². The van der Waals surface area contributed by atoms with E-state index in [0.717, 1.165) is 6.42 Å². The van der Waals surface area contributed by atoms with Crippen LogP contribution in [0.3, 0.4) is 0 Å². The van der Waals surface area contributed by atoms with Gasteiger partial charge < -0.3 is 16.3 Å². The number of rotatable bonds is 3. The van der Waals surface area contributed by atoms with Gasteiger partial charge in [-0.2, -0.15) is 0 Å². The summed E-state index contributed by atoms with van der Waals surface area (Å²) >= 11 is 0. The van der Waals surface area contributed by atoms with E-state index < -0.39 is 5.60 Å². The molecule has 1 rings (SSSR count). The highest BCUT2D eigenvalue weighted by Crippen LogP contribution is 2.25. The van der Waals surface area contributed by atoms with E-state index in [9.17, 15) is 0 Å². The Morgan fingerprint density at radius 3 is 2.46 bits per heavy atom. The molecule has 0 amide bonds. The zero-order valence-corrected chi connectivity index (χ0v) is 8.11. The second-order valence-electron chi connectivity index (χ2n) is 3.04. The van der Waals surface area contributed by atoms with Crippen LogP contribution in [0.5, 0.6) is 0 Å². The second kappa shape index (κ2) is 3.21. The SMILES string of the molecule is CCC(C)(OC)c1nnc(N)n1N. The minimum atomic E-state index is -0.528. The van der Waals surface area contributed by atoms with Gasteiger partial charge >= 0.3 is 0 Å². The summed E-state index contributed by atoms with van der Waals surface area (Å²) in [5.41, 5.74) is 4.93. The predicted octanol–water partition coefficient (Wildman–Crippen LogP) is -0.154. The second-order valence-corrected chi connectivity index (χ2v) is 3.04. The molecule has 0 aliphatic heterocycles. The van der Waals surface area contributed by atoms with E-state index >= 15 is 0 Å². The summed E-state index contributed by atoms with van der Waals surface area (Å²) in [6.07, 6.45) is 0.749. The van der Waals surface area contributed by atoms with Gasteiger partial charge in [0.25, 0.3) is 0 Å². The van der Waals surface area contributed by atoms with Crippen molar-refractivity contribution in [2.45, 2.75) is 25.9 Å². The van der Waals surface area contributed by atoms with Crippen LogP contribution in [0.1, 0.15) is 26.1 Å². The summed E-state index contributed by atoms with van der Waals surface area (Å²) in [5, 5.41) is 7.53. The van der Waals surface area contributed by atoms with Crippen molar-refractivity contribution < 1.29 is 4.74 Å². The largest absolute Gasteiger partial charge is 0.370 e. The van der Waals surface area contributed by atoms with E-state index in [1.54, 1.807) is 7.11 Å². The Labute approximate surface area is 76.8 Å². The van der Waals surface area contributed by atoms with Gasteiger partial charge in [-0.15, -0.1) is 10.2 Å². The average Bonchev–Trinajstić information content (AvgIpc) is 2.47. The Kier molecular flexibility index (Phi) is 2.42. The predicted molar refractivity (Wildman–Crippen MR) is 49.2 cm³/mol. The number of ether oxygens (including phenoxy) is 1. The zero-order chi connectivity index (χ0) is 10.1. The van der Waals surface area contributed by atoms with Crippen LogP contribution in [0.15, 0.2) is 0 Å². The van der Waals surface area contributed by atoms with E-state index in [4.69, 9.17) is 16.3 Å². The molecule has 0 fully saturated rings. The molecule has 0 saturated heterocycles. The lowest BCUT2D eigenvalue weighted by Crippen LogP contribution is -2.31. The highest BCUT2D eigenvalue weighted by atomic mass is 16.5. The van der Waals surface area contributed by atoms with Crippen LogP contribution >= 0.6 is 0 Å². The maximum atomic E-state index is 5.63. The van der Waals surface area contributed by atoms with E-state index in [0.29, 0.717) is 5.82 Å². The molecule has 6 nitrogen and oxygen atoms in total. The molecule has 13 heavy (non-hydrogen) atoms. The molecule has 0 aliphatic rings. The molecular weight excluding hydrogens is 170 g/mol. The Hall–Kier alpha value is -1.30. The van der Waals surface area contributed by atoms with Crippen molar-refractivity contribution in [3.05, 3.63) is 5.82 Å². The number of aromatic nitrogens is 3. The molecule has 0 radical (unpaired) electrons. The smallest absolute Gasteiger partial charge is 0.240 e.